The van der Waals surface area contributed by atoms with Gasteiger partial charge in [0.2, 0.25) is 5.91 Å². The van der Waals surface area contributed by atoms with Crippen molar-refractivity contribution >= 4 is 5.91 Å². The van der Waals surface area contributed by atoms with Crippen molar-refractivity contribution in [2.75, 3.05) is 13.7 Å². The number of halogens is 1. The predicted molar refractivity (Wildman–Crippen MR) is 99.4 cm³/mol. The Morgan fingerprint density at radius 3 is 2.86 bits per heavy atom. The molecule has 0 saturated carbocycles. The molecule has 0 unspecified atom stereocenters. The fraction of sp³-hybridized carbons (Fsp3) is 0.238. The van der Waals surface area contributed by atoms with Crippen molar-refractivity contribution < 1.29 is 23.2 Å². The van der Waals surface area contributed by atoms with E-state index in [4.69, 9.17) is 14.0 Å². The lowest BCUT2D eigenvalue weighted by molar-refractivity contribution is -0.126. The van der Waals surface area contributed by atoms with Gasteiger partial charge in [-0.25, -0.2) is 4.39 Å². The van der Waals surface area contributed by atoms with E-state index in [9.17, 15) is 9.18 Å². The SMILES string of the molecule is COc1ccc2c(c1)OC[C@H](C(=O)NCc1cc(-c3ccc(F)cc3)no1)C2. The number of carbonyl (C=O) groups excluding carboxylic acids is 1. The maximum absolute atomic E-state index is 13.0. The lowest BCUT2D eigenvalue weighted by Gasteiger charge is -2.24. The third-order valence-corrected chi connectivity index (χ3v) is 4.69. The van der Waals surface area contributed by atoms with Crippen LogP contribution in [0.1, 0.15) is 11.3 Å². The summed E-state index contributed by atoms with van der Waals surface area (Å²) in [6.07, 6.45) is 0.600. The summed E-state index contributed by atoms with van der Waals surface area (Å²) in [4.78, 5) is 12.5. The quantitative estimate of drug-likeness (QED) is 0.733. The van der Waals surface area contributed by atoms with Crippen LogP contribution < -0.4 is 14.8 Å². The van der Waals surface area contributed by atoms with E-state index >= 15 is 0 Å². The fourth-order valence-electron chi connectivity index (χ4n) is 3.12. The molecule has 0 saturated heterocycles. The van der Waals surface area contributed by atoms with Crippen LogP contribution in [0.25, 0.3) is 11.3 Å². The first-order valence-corrected chi connectivity index (χ1v) is 8.91. The topological polar surface area (TPSA) is 73.6 Å². The van der Waals surface area contributed by atoms with Crippen molar-refractivity contribution in [3.63, 3.8) is 0 Å². The number of nitrogens with one attached hydrogen (secondary N) is 1. The molecule has 0 fully saturated rings. The Hall–Kier alpha value is -3.35. The van der Waals surface area contributed by atoms with Crippen LogP contribution in [0.2, 0.25) is 0 Å². The van der Waals surface area contributed by atoms with Crippen molar-refractivity contribution in [2.24, 2.45) is 5.92 Å². The van der Waals surface area contributed by atoms with E-state index in [1.165, 1.54) is 12.1 Å². The van der Waals surface area contributed by atoms with E-state index in [-0.39, 0.29) is 24.2 Å². The van der Waals surface area contributed by atoms with Gasteiger partial charge in [-0.1, -0.05) is 11.2 Å². The van der Waals surface area contributed by atoms with Crippen molar-refractivity contribution in [1.29, 1.82) is 0 Å². The van der Waals surface area contributed by atoms with Crippen LogP contribution in [0, 0.1) is 11.7 Å². The lowest BCUT2D eigenvalue weighted by atomic mass is 9.96. The minimum Gasteiger partial charge on any atom is -0.497 e. The van der Waals surface area contributed by atoms with Gasteiger partial charge in [0.05, 0.1) is 19.6 Å². The Morgan fingerprint density at radius 1 is 1.25 bits per heavy atom. The molecule has 1 amide bonds. The standard InChI is InChI=1S/C21H19FN2O4/c1-26-17-7-4-14-8-15(12-27-20(14)10-17)21(25)23-11-18-9-19(24-28-18)13-2-5-16(22)6-3-13/h2-7,9-10,15H,8,11-12H2,1H3,(H,23,25)/t15-/m1/s1. The molecule has 28 heavy (non-hydrogen) atoms. The minimum atomic E-state index is -0.311. The molecule has 3 aromatic rings. The van der Waals surface area contributed by atoms with Crippen molar-refractivity contribution in [3.8, 4) is 22.8 Å². The number of amides is 1. The maximum Gasteiger partial charge on any atom is 0.227 e. The van der Waals surface area contributed by atoms with Crippen LogP contribution in [0.4, 0.5) is 4.39 Å². The molecule has 2 heterocycles. The average molecular weight is 382 g/mol. The Labute approximate surface area is 161 Å². The largest absolute Gasteiger partial charge is 0.497 e. The first-order chi connectivity index (χ1) is 13.6. The molecule has 1 atom stereocenters. The first kappa shape index (κ1) is 18.0. The number of carbonyl (C=O) groups is 1. The number of benzene rings is 2. The van der Waals surface area contributed by atoms with Gasteiger partial charge in [-0.3, -0.25) is 4.79 Å². The molecule has 7 heteroatoms. The molecule has 144 valence electrons. The number of hydrogen-bond donors (Lipinski definition) is 1. The Kier molecular flexibility index (Phi) is 4.97. The van der Waals surface area contributed by atoms with E-state index in [1.807, 2.05) is 18.2 Å². The highest BCUT2D eigenvalue weighted by Gasteiger charge is 2.26. The number of nitrogens with zero attached hydrogens (tertiary/aromatic N) is 1. The first-order valence-electron chi connectivity index (χ1n) is 8.91. The predicted octanol–water partition coefficient (Wildman–Crippen LogP) is 3.36. The van der Waals surface area contributed by atoms with Crippen LogP contribution in [0.15, 0.2) is 53.1 Å². The summed E-state index contributed by atoms with van der Waals surface area (Å²) < 4.78 is 29.2. The molecule has 0 bridgehead atoms. The van der Waals surface area contributed by atoms with Gasteiger partial charge in [-0.2, -0.15) is 0 Å². The Bertz CT molecular complexity index is 984. The van der Waals surface area contributed by atoms with Crippen LogP contribution in [0.5, 0.6) is 11.5 Å². The fourth-order valence-corrected chi connectivity index (χ4v) is 3.12. The molecule has 6 nitrogen and oxygen atoms in total. The number of fused-ring (bicyclic) bond motifs is 1. The van der Waals surface area contributed by atoms with Gasteiger partial charge in [0.25, 0.3) is 0 Å². The van der Waals surface area contributed by atoms with Crippen LogP contribution >= 0.6 is 0 Å². The molecule has 1 aromatic heterocycles. The van der Waals surface area contributed by atoms with Crippen molar-refractivity contribution in [3.05, 3.63) is 65.7 Å². The molecule has 2 aromatic carbocycles. The summed E-state index contributed by atoms with van der Waals surface area (Å²) in [6, 6.07) is 13.3. The van der Waals surface area contributed by atoms with Gasteiger partial charge in [0.1, 0.15) is 29.6 Å². The van der Waals surface area contributed by atoms with E-state index in [0.717, 1.165) is 22.6 Å². The highest BCUT2D eigenvalue weighted by atomic mass is 19.1. The molecule has 0 radical (unpaired) electrons. The summed E-state index contributed by atoms with van der Waals surface area (Å²) >= 11 is 0. The molecule has 1 aliphatic heterocycles. The van der Waals surface area contributed by atoms with Crippen LogP contribution in [-0.4, -0.2) is 24.8 Å². The van der Waals surface area contributed by atoms with E-state index in [0.29, 0.717) is 24.5 Å². The van der Waals surface area contributed by atoms with E-state index in [1.54, 1.807) is 25.3 Å². The highest BCUT2D eigenvalue weighted by Crippen LogP contribution is 2.31. The van der Waals surface area contributed by atoms with Crippen molar-refractivity contribution in [1.82, 2.24) is 10.5 Å². The van der Waals surface area contributed by atoms with Crippen LogP contribution in [0.3, 0.4) is 0 Å². The summed E-state index contributed by atoms with van der Waals surface area (Å²) in [6.45, 7) is 0.530. The maximum atomic E-state index is 13.0. The van der Waals surface area contributed by atoms with Gasteiger partial charge < -0.3 is 19.3 Å². The number of aromatic nitrogens is 1. The van der Waals surface area contributed by atoms with Gasteiger partial charge in [-0.05, 0) is 42.3 Å². The number of hydrogen-bond acceptors (Lipinski definition) is 5. The Balaban J connectivity index is 1.35. The highest BCUT2D eigenvalue weighted by molar-refractivity contribution is 5.79. The third-order valence-electron chi connectivity index (χ3n) is 4.69. The van der Waals surface area contributed by atoms with Gasteiger partial charge in [0.15, 0.2) is 5.76 Å². The zero-order valence-corrected chi connectivity index (χ0v) is 15.3. The van der Waals surface area contributed by atoms with Crippen molar-refractivity contribution in [2.45, 2.75) is 13.0 Å². The normalized spacial score (nSPS) is 15.4. The number of ether oxygens (including phenoxy) is 2. The molecule has 4 rings (SSSR count). The van der Waals surface area contributed by atoms with Gasteiger partial charge in [0, 0.05) is 17.7 Å². The molecular weight excluding hydrogens is 363 g/mol. The van der Waals surface area contributed by atoms with E-state index in [2.05, 4.69) is 10.5 Å². The van der Waals surface area contributed by atoms with E-state index < -0.39 is 0 Å². The zero-order valence-electron chi connectivity index (χ0n) is 15.3. The van der Waals surface area contributed by atoms with Crippen LogP contribution in [-0.2, 0) is 17.8 Å². The minimum absolute atomic E-state index is 0.110. The summed E-state index contributed by atoms with van der Waals surface area (Å²) in [7, 11) is 1.60. The summed E-state index contributed by atoms with van der Waals surface area (Å²) in [5.74, 6) is 1.30. The Morgan fingerprint density at radius 2 is 2.07 bits per heavy atom. The molecule has 1 aliphatic rings. The number of rotatable bonds is 5. The second kappa shape index (κ2) is 7.72. The van der Waals surface area contributed by atoms with Gasteiger partial charge in [-0.15, -0.1) is 0 Å². The molecular formula is C21H19FN2O4. The second-order valence-electron chi connectivity index (χ2n) is 6.59. The zero-order chi connectivity index (χ0) is 19.5. The summed E-state index contributed by atoms with van der Waals surface area (Å²) in [5.41, 5.74) is 2.31. The third kappa shape index (κ3) is 3.83. The molecule has 1 N–H and O–H groups in total. The smallest absolute Gasteiger partial charge is 0.227 e. The average Bonchev–Trinajstić information content (AvgIpc) is 3.20. The summed E-state index contributed by atoms with van der Waals surface area (Å²) in [5, 5.41) is 6.83. The molecule has 0 aliphatic carbocycles. The number of methoxy groups -OCH3 is 1. The lowest BCUT2D eigenvalue weighted by Crippen LogP contribution is -2.36. The van der Waals surface area contributed by atoms with Gasteiger partial charge >= 0.3 is 0 Å². The second-order valence-corrected chi connectivity index (χ2v) is 6.59. The molecule has 0 spiro atoms. The monoisotopic (exact) mass is 382 g/mol.